The second-order valence-electron chi connectivity index (χ2n) is 3.31. The van der Waals surface area contributed by atoms with Crippen molar-refractivity contribution in [3.63, 3.8) is 0 Å². The number of amides is 1. The van der Waals surface area contributed by atoms with Gasteiger partial charge < -0.3 is 9.64 Å². The van der Waals surface area contributed by atoms with Crippen molar-refractivity contribution in [3.8, 4) is 0 Å². The highest BCUT2D eigenvalue weighted by molar-refractivity contribution is 5.68. The molecule has 0 heterocycles. The summed E-state index contributed by atoms with van der Waals surface area (Å²) in [5.41, 5.74) is 0. The van der Waals surface area contributed by atoms with Gasteiger partial charge in [-0.3, -0.25) is 0 Å². The topological polar surface area (TPSA) is 29.5 Å². The Labute approximate surface area is 74.7 Å². The molecule has 0 N–H and O–H groups in total. The Hall–Kier alpha value is -0.730. The Morgan fingerprint density at radius 1 is 1.33 bits per heavy atom. The lowest BCUT2D eigenvalue weighted by molar-refractivity contribution is 0.0698. The van der Waals surface area contributed by atoms with Crippen LogP contribution in [0, 0.1) is 0 Å². The first-order chi connectivity index (χ1) is 5.49. The van der Waals surface area contributed by atoms with Gasteiger partial charge in [0.2, 0.25) is 0 Å². The molecule has 1 amide bonds. The lowest BCUT2D eigenvalue weighted by atomic mass is 10.3. The van der Waals surface area contributed by atoms with Crippen LogP contribution in [0.25, 0.3) is 0 Å². The van der Waals surface area contributed by atoms with E-state index in [0.717, 1.165) is 0 Å². The van der Waals surface area contributed by atoms with Crippen LogP contribution in [0.15, 0.2) is 0 Å². The first-order valence-corrected chi connectivity index (χ1v) is 4.46. The molecule has 0 aromatic carbocycles. The van der Waals surface area contributed by atoms with Crippen LogP contribution in [-0.2, 0) is 4.74 Å². The average Bonchev–Trinajstić information content (AvgIpc) is 1.85. The molecule has 72 valence electrons. The van der Waals surface area contributed by atoms with Crippen molar-refractivity contribution in [2.24, 2.45) is 0 Å². The minimum atomic E-state index is -0.220. The van der Waals surface area contributed by atoms with Crippen molar-refractivity contribution in [2.45, 2.75) is 46.8 Å². The first kappa shape index (κ1) is 11.3. The summed E-state index contributed by atoms with van der Waals surface area (Å²) in [7, 11) is 0. The van der Waals surface area contributed by atoms with Gasteiger partial charge in [0.15, 0.2) is 0 Å². The zero-order chi connectivity index (χ0) is 9.72. The van der Waals surface area contributed by atoms with Crippen LogP contribution in [0.1, 0.15) is 34.6 Å². The van der Waals surface area contributed by atoms with E-state index in [1.54, 1.807) is 4.90 Å². The van der Waals surface area contributed by atoms with E-state index >= 15 is 0 Å². The van der Waals surface area contributed by atoms with Crippen molar-refractivity contribution in [1.29, 1.82) is 0 Å². The third-order valence-corrected chi connectivity index (χ3v) is 1.54. The minimum absolute atomic E-state index is 0.0368. The zero-order valence-electron chi connectivity index (χ0n) is 8.63. The Morgan fingerprint density at radius 3 is 2.08 bits per heavy atom. The number of hydrogen-bond donors (Lipinski definition) is 0. The lowest BCUT2D eigenvalue weighted by Crippen LogP contribution is -2.38. The fourth-order valence-corrected chi connectivity index (χ4v) is 0.974. The van der Waals surface area contributed by atoms with Gasteiger partial charge in [-0.1, -0.05) is 0 Å². The number of carbonyl (C=O) groups is 1. The molecule has 0 unspecified atom stereocenters. The standard InChI is InChI=1S/C9H19NO2/c1-6-10(7(2)3)9(11)12-8(4)5/h7-8H,6H2,1-5H3. The Kier molecular flexibility index (Phi) is 4.71. The molecule has 0 aliphatic heterocycles. The molecule has 0 saturated heterocycles. The largest absolute Gasteiger partial charge is 0.447 e. The number of rotatable bonds is 3. The molecule has 12 heavy (non-hydrogen) atoms. The minimum Gasteiger partial charge on any atom is -0.447 e. The predicted octanol–water partition coefficient (Wildman–Crippen LogP) is 2.26. The van der Waals surface area contributed by atoms with Gasteiger partial charge in [0.25, 0.3) is 0 Å². The van der Waals surface area contributed by atoms with Crippen molar-refractivity contribution in [3.05, 3.63) is 0 Å². The molecule has 0 radical (unpaired) electrons. The molecule has 3 nitrogen and oxygen atoms in total. The molecule has 0 aliphatic rings. The van der Waals surface area contributed by atoms with Gasteiger partial charge in [-0.05, 0) is 34.6 Å². The summed E-state index contributed by atoms with van der Waals surface area (Å²) in [6.45, 7) is 10.3. The van der Waals surface area contributed by atoms with Crippen LogP contribution < -0.4 is 0 Å². The van der Waals surface area contributed by atoms with Gasteiger partial charge >= 0.3 is 6.09 Å². The van der Waals surface area contributed by atoms with Gasteiger partial charge in [-0.15, -0.1) is 0 Å². The highest BCUT2D eigenvalue weighted by atomic mass is 16.6. The maximum Gasteiger partial charge on any atom is 0.410 e. The molecule has 0 atom stereocenters. The van der Waals surface area contributed by atoms with Gasteiger partial charge in [0.1, 0.15) is 0 Å². The summed E-state index contributed by atoms with van der Waals surface area (Å²) in [5.74, 6) is 0. The van der Waals surface area contributed by atoms with Crippen LogP contribution in [0.2, 0.25) is 0 Å². The Morgan fingerprint density at radius 2 is 1.83 bits per heavy atom. The molecular formula is C9H19NO2. The van der Waals surface area contributed by atoms with Gasteiger partial charge in [-0.2, -0.15) is 0 Å². The molecule has 0 aromatic heterocycles. The third-order valence-electron chi connectivity index (χ3n) is 1.54. The summed E-state index contributed by atoms with van der Waals surface area (Å²) >= 11 is 0. The monoisotopic (exact) mass is 173 g/mol. The molecule has 0 saturated carbocycles. The molecule has 0 bridgehead atoms. The second-order valence-corrected chi connectivity index (χ2v) is 3.31. The van der Waals surface area contributed by atoms with E-state index in [0.29, 0.717) is 6.54 Å². The maximum atomic E-state index is 11.3. The predicted molar refractivity (Wildman–Crippen MR) is 49.1 cm³/mol. The summed E-state index contributed by atoms with van der Waals surface area (Å²) in [5, 5.41) is 0. The molecule has 0 fully saturated rings. The van der Waals surface area contributed by atoms with Gasteiger partial charge in [0, 0.05) is 12.6 Å². The molecule has 0 aromatic rings. The Bertz CT molecular complexity index is 143. The maximum absolute atomic E-state index is 11.3. The van der Waals surface area contributed by atoms with E-state index in [9.17, 15) is 4.79 Å². The quantitative estimate of drug-likeness (QED) is 0.655. The van der Waals surface area contributed by atoms with Crippen molar-refractivity contribution in [2.75, 3.05) is 6.54 Å². The van der Waals surface area contributed by atoms with Crippen molar-refractivity contribution in [1.82, 2.24) is 4.90 Å². The van der Waals surface area contributed by atoms with Crippen LogP contribution >= 0.6 is 0 Å². The fourth-order valence-electron chi connectivity index (χ4n) is 0.974. The van der Waals surface area contributed by atoms with E-state index in [-0.39, 0.29) is 18.2 Å². The van der Waals surface area contributed by atoms with Crippen molar-refractivity contribution < 1.29 is 9.53 Å². The molecule has 0 spiro atoms. The smallest absolute Gasteiger partial charge is 0.410 e. The molecule has 0 aliphatic carbocycles. The first-order valence-electron chi connectivity index (χ1n) is 4.46. The molecule has 3 heteroatoms. The molecule has 0 rings (SSSR count). The average molecular weight is 173 g/mol. The summed E-state index contributed by atoms with van der Waals surface area (Å²) in [4.78, 5) is 13.0. The summed E-state index contributed by atoms with van der Waals surface area (Å²) < 4.78 is 5.05. The van der Waals surface area contributed by atoms with Crippen LogP contribution in [0.4, 0.5) is 4.79 Å². The van der Waals surface area contributed by atoms with Crippen LogP contribution in [-0.4, -0.2) is 29.7 Å². The second kappa shape index (κ2) is 5.01. The van der Waals surface area contributed by atoms with E-state index in [4.69, 9.17) is 4.74 Å². The van der Waals surface area contributed by atoms with E-state index in [1.807, 2.05) is 34.6 Å². The third kappa shape index (κ3) is 3.60. The Balaban J connectivity index is 4.04. The fraction of sp³-hybridized carbons (Fsp3) is 0.889. The SMILES string of the molecule is CCN(C(=O)OC(C)C)C(C)C. The number of hydrogen-bond acceptors (Lipinski definition) is 2. The normalized spacial score (nSPS) is 10.6. The van der Waals surface area contributed by atoms with Gasteiger partial charge in [0.05, 0.1) is 6.10 Å². The highest BCUT2D eigenvalue weighted by Gasteiger charge is 2.16. The van der Waals surface area contributed by atoms with E-state index < -0.39 is 0 Å². The van der Waals surface area contributed by atoms with E-state index in [2.05, 4.69) is 0 Å². The highest BCUT2D eigenvalue weighted by Crippen LogP contribution is 2.02. The summed E-state index contributed by atoms with van der Waals surface area (Å²) in [6.07, 6.45) is -0.257. The number of ether oxygens (including phenoxy) is 1. The van der Waals surface area contributed by atoms with Crippen LogP contribution in [0.5, 0.6) is 0 Å². The number of nitrogens with zero attached hydrogens (tertiary/aromatic N) is 1. The lowest BCUT2D eigenvalue weighted by Gasteiger charge is -2.25. The molecular weight excluding hydrogens is 154 g/mol. The zero-order valence-corrected chi connectivity index (χ0v) is 8.63. The number of carbonyl (C=O) groups excluding carboxylic acids is 1. The van der Waals surface area contributed by atoms with Crippen LogP contribution in [0.3, 0.4) is 0 Å². The van der Waals surface area contributed by atoms with Crippen molar-refractivity contribution >= 4 is 6.09 Å². The van der Waals surface area contributed by atoms with E-state index in [1.165, 1.54) is 0 Å². The van der Waals surface area contributed by atoms with Gasteiger partial charge in [-0.25, -0.2) is 4.79 Å². The summed E-state index contributed by atoms with van der Waals surface area (Å²) in [6, 6.07) is 0.209.